The number of carbonyl (C=O) groups is 1. The molecule has 1 amide bonds. The van der Waals surface area contributed by atoms with Gasteiger partial charge < -0.3 is 15.1 Å². The summed E-state index contributed by atoms with van der Waals surface area (Å²) >= 11 is 0. The van der Waals surface area contributed by atoms with Crippen LogP contribution >= 0.6 is 0 Å². The molecule has 0 saturated carbocycles. The monoisotopic (exact) mass is 337 g/mol. The minimum Gasteiger partial charge on any atom is -0.341 e. The second-order valence-electron chi connectivity index (χ2n) is 6.29. The van der Waals surface area contributed by atoms with E-state index in [9.17, 15) is 18.0 Å². The van der Waals surface area contributed by atoms with Crippen molar-refractivity contribution in [2.24, 2.45) is 5.92 Å². The van der Waals surface area contributed by atoms with E-state index in [2.05, 4.69) is 10.2 Å². The van der Waals surface area contributed by atoms with Crippen LogP contribution in [0.15, 0.2) is 0 Å². The van der Waals surface area contributed by atoms with Crippen LogP contribution in [0.3, 0.4) is 0 Å². The third-order valence-electron chi connectivity index (χ3n) is 4.53. The van der Waals surface area contributed by atoms with Crippen molar-refractivity contribution in [1.29, 1.82) is 0 Å². The lowest BCUT2D eigenvalue weighted by Gasteiger charge is -2.33. The highest BCUT2D eigenvalue weighted by Crippen LogP contribution is 2.23. The van der Waals surface area contributed by atoms with Crippen molar-refractivity contribution in [3.8, 4) is 0 Å². The summed E-state index contributed by atoms with van der Waals surface area (Å²) in [5.74, 6) is -0.272. The zero-order chi connectivity index (χ0) is 17.5. The Labute approximate surface area is 137 Å². The van der Waals surface area contributed by atoms with E-state index in [1.807, 2.05) is 20.8 Å². The van der Waals surface area contributed by atoms with Gasteiger partial charge in [0, 0.05) is 31.6 Å². The number of nitrogens with one attached hydrogen (secondary N) is 1. The van der Waals surface area contributed by atoms with Gasteiger partial charge in [0.05, 0.1) is 6.42 Å². The van der Waals surface area contributed by atoms with Gasteiger partial charge in [0.25, 0.3) is 0 Å². The van der Waals surface area contributed by atoms with Gasteiger partial charge in [0.15, 0.2) is 0 Å². The fourth-order valence-electron chi connectivity index (χ4n) is 3.01. The smallest absolute Gasteiger partial charge is 0.341 e. The van der Waals surface area contributed by atoms with Gasteiger partial charge in [-0.3, -0.25) is 4.79 Å². The summed E-state index contributed by atoms with van der Waals surface area (Å²) in [7, 11) is 0. The number of likely N-dealkylation sites (N-methyl/N-ethyl adjacent to an activating group) is 1. The first-order valence-corrected chi connectivity index (χ1v) is 8.58. The van der Waals surface area contributed by atoms with E-state index in [0.29, 0.717) is 25.9 Å². The molecule has 136 valence electrons. The van der Waals surface area contributed by atoms with E-state index in [-0.39, 0.29) is 24.4 Å². The summed E-state index contributed by atoms with van der Waals surface area (Å²) in [4.78, 5) is 16.2. The zero-order valence-electron chi connectivity index (χ0n) is 14.5. The summed E-state index contributed by atoms with van der Waals surface area (Å²) in [5, 5.41) is 3.27. The molecule has 0 aromatic carbocycles. The van der Waals surface area contributed by atoms with Gasteiger partial charge in [-0.25, -0.2) is 0 Å². The number of nitrogens with zero attached hydrogens (tertiary/aromatic N) is 2. The Morgan fingerprint density at radius 1 is 1.17 bits per heavy atom. The molecule has 1 rings (SSSR count). The molecule has 1 N–H and O–H groups in total. The fraction of sp³-hybridized carbons (Fsp3) is 0.938. The summed E-state index contributed by atoms with van der Waals surface area (Å²) in [6.45, 7) is 9.22. The summed E-state index contributed by atoms with van der Waals surface area (Å²) in [6.07, 6.45) is -3.75. The number of rotatable bonds is 8. The predicted octanol–water partition coefficient (Wildman–Crippen LogP) is 2.50. The van der Waals surface area contributed by atoms with Crippen LogP contribution in [0.4, 0.5) is 13.2 Å². The van der Waals surface area contributed by atoms with Crippen LogP contribution in [0.25, 0.3) is 0 Å². The molecular formula is C16H30F3N3O. The molecule has 1 fully saturated rings. The molecular weight excluding hydrogens is 307 g/mol. The largest absolute Gasteiger partial charge is 0.390 e. The number of amides is 1. The van der Waals surface area contributed by atoms with Crippen molar-refractivity contribution in [3.05, 3.63) is 0 Å². The summed E-state index contributed by atoms with van der Waals surface area (Å²) in [6, 6.07) is 0.241. The van der Waals surface area contributed by atoms with E-state index in [0.717, 1.165) is 19.6 Å². The lowest BCUT2D eigenvalue weighted by molar-refractivity contribution is -0.148. The lowest BCUT2D eigenvalue weighted by atomic mass is 9.92. The average molecular weight is 337 g/mol. The molecule has 1 aliphatic rings. The highest BCUT2D eigenvalue weighted by atomic mass is 19.4. The Morgan fingerprint density at radius 3 is 2.35 bits per heavy atom. The normalized spacial score (nSPS) is 22.4. The third kappa shape index (κ3) is 7.52. The van der Waals surface area contributed by atoms with Gasteiger partial charge in [-0.15, -0.1) is 0 Å². The highest BCUT2D eigenvalue weighted by Gasteiger charge is 2.32. The molecule has 2 atom stereocenters. The molecule has 0 aromatic heterocycles. The number of hydrogen-bond acceptors (Lipinski definition) is 3. The fourth-order valence-corrected chi connectivity index (χ4v) is 3.01. The first kappa shape index (κ1) is 20.2. The first-order chi connectivity index (χ1) is 10.8. The predicted molar refractivity (Wildman–Crippen MR) is 85.2 cm³/mol. The van der Waals surface area contributed by atoms with Gasteiger partial charge in [-0.1, -0.05) is 13.8 Å². The van der Waals surface area contributed by atoms with E-state index >= 15 is 0 Å². The van der Waals surface area contributed by atoms with Crippen LogP contribution < -0.4 is 5.32 Å². The highest BCUT2D eigenvalue weighted by molar-refractivity contribution is 5.79. The van der Waals surface area contributed by atoms with Crippen molar-refractivity contribution >= 4 is 5.91 Å². The number of hydrogen-bond donors (Lipinski definition) is 1. The standard InChI is InChI=1S/C16H30F3N3O/c1-4-21(5-2)10-11-22(9-7-16(17,18)19)15(23)14-6-8-20-13(3)12-14/h13-14,20H,4-12H2,1-3H3/t13-,14-/m0/s1. The third-order valence-corrected chi connectivity index (χ3v) is 4.53. The van der Waals surface area contributed by atoms with Crippen molar-refractivity contribution in [3.63, 3.8) is 0 Å². The molecule has 1 aliphatic heterocycles. The Kier molecular flexibility index (Phi) is 8.33. The maximum Gasteiger partial charge on any atom is 0.390 e. The number of piperidine rings is 1. The van der Waals surface area contributed by atoms with Crippen LogP contribution in [0, 0.1) is 5.92 Å². The molecule has 0 unspecified atom stereocenters. The number of alkyl halides is 3. The SMILES string of the molecule is CCN(CC)CCN(CCC(F)(F)F)C(=O)[C@H]1CCN[C@@H](C)C1. The Bertz CT molecular complexity index is 359. The topological polar surface area (TPSA) is 35.6 Å². The molecule has 7 heteroatoms. The van der Waals surface area contributed by atoms with Crippen LogP contribution in [-0.4, -0.2) is 67.2 Å². The van der Waals surface area contributed by atoms with Crippen LogP contribution in [0.5, 0.6) is 0 Å². The second kappa shape index (κ2) is 9.47. The van der Waals surface area contributed by atoms with Gasteiger partial charge >= 0.3 is 6.18 Å². The van der Waals surface area contributed by atoms with Crippen LogP contribution in [-0.2, 0) is 4.79 Å². The Hall–Kier alpha value is -0.820. The van der Waals surface area contributed by atoms with Gasteiger partial charge in [0.2, 0.25) is 5.91 Å². The minimum atomic E-state index is -4.23. The van der Waals surface area contributed by atoms with E-state index < -0.39 is 12.6 Å². The van der Waals surface area contributed by atoms with Crippen molar-refractivity contribution in [2.45, 2.75) is 52.3 Å². The van der Waals surface area contributed by atoms with Gasteiger partial charge in [-0.05, 0) is 39.4 Å². The molecule has 0 radical (unpaired) electrons. The second-order valence-corrected chi connectivity index (χ2v) is 6.29. The lowest BCUT2D eigenvalue weighted by Crippen LogP contribution is -2.47. The van der Waals surface area contributed by atoms with Crippen molar-refractivity contribution < 1.29 is 18.0 Å². The summed E-state index contributed by atoms with van der Waals surface area (Å²) in [5.41, 5.74) is 0. The molecule has 23 heavy (non-hydrogen) atoms. The van der Waals surface area contributed by atoms with Crippen molar-refractivity contribution in [1.82, 2.24) is 15.1 Å². The molecule has 0 aliphatic carbocycles. The number of carbonyl (C=O) groups excluding carboxylic acids is 1. The summed E-state index contributed by atoms with van der Waals surface area (Å²) < 4.78 is 37.7. The molecule has 1 heterocycles. The molecule has 0 bridgehead atoms. The average Bonchev–Trinajstić information content (AvgIpc) is 2.49. The van der Waals surface area contributed by atoms with Crippen LogP contribution in [0.2, 0.25) is 0 Å². The zero-order valence-corrected chi connectivity index (χ0v) is 14.5. The maximum atomic E-state index is 12.7. The first-order valence-electron chi connectivity index (χ1n) is 8.58. The quantitative estimate of drug-likeness (QED) is 0.739. The van der Waals surface area contributed by atoms with E-state index in [1.54, 1.807) is 0 Å². The number of halogens is 3. The minimum absolute atomic E-state index is 0.116. The maximum absolute atomic E-state index is 12.7. The molecule has 0 aromatic rings. The van der Waals surface area contributed by atoms with E-state index in [1.165, 1.54) is 4.90 Å². The van der Waals surface area contributed by atoms with E-state index in [4.69, 9.17) is 0 Å². The van der Waals surface area contributed by atoms with Crippen LogP contribution in [0.1, 0.15) is 40.0 Å². The molecule has 0 spiro atoms. The van der Waals surface area contributed by atoms with Crippen molar-refractivity contribution in [2.75, 3.05) is 39.3 Å². The Morgan fingerprint density at radius 2 is 1.83 bits per heavy atom. The molecule has 4 nitrogen and oxygen atoms in total. The van der Waals surface area contributed by atoms with Gasteiger partial charge in [0.1, 0.15) is 0 Å². The Balaban J connectivity index is 2.66. The molecule has 1 saturated heterocycles. The van der Waals surface area contributed by atoms with Gasteiger partial charge in [-0.2, -0.15) is 13.2 Å².